The second-order valence-electron chi connectivity index (χ2n) is 6.97. The predicted molar refractivity (Wildman–Crippen MR) is 122 cm³/mol. The van der Waals surface area contributed by atoms with Crippen molar-refractivity contribution in [2.75, 3.05) is 26.4 Å². The fourth-order valence-corrected chi connectivity index (χ4v) is 3.27. The number of guanidine groups is 1. The van der Waals surface area contributed by atoms with E-state index in [1.807, 2.05) is 24.3 Å². The van der Waals surface area contributed by atoms with Gasteiger partial charge in [0.15, 0.2) is 5.96 Å². The molecule has 0 aliphatic rings. The molecule has 32 heavy (non-hydrogen) atoms. The average Bonchev–Trinajstić information content (AvgIpc) is 3.14. The molecule has 0 unspecified atom stereocenters. The molecule has 0 radical (unpaired) electrons. The SMILES string of the molecule is CN=C(NCCCc1nn(-c2ccc(F)cc2)c(N)c1C#N)NCc1ccccc1OC. The maximum Gasteiger partial charge on any atom is 0.191 e. The molecular formula is C23H26FN7O. The average molecular weight is 436 g/mol. The van der Waals surface area contributed by atoms with Crippen molar-refractivity contribution in [1.29, 1.82) is 5.26 Å². The third-order valence-corrected chi connectivity index (χ3v) is 4.92. The Labute approximate surface area is 186 Å². The van der Waals surface area contributed by atoms with Crippen LogP contribution < -0.4 is 21.1 Å². The Balaban J connectivity index is 1.56. The standard InChI is InChI=1S/C23H26FN7O/c1-27-23(29-15-16-6-3-4-8-21(16)32-2)28-13-5-7-20-19(14-25)22(26)31(30-20)18-11-9-17(24)10-12-18/h3-4,6,8-12H,5,7,13,15,26H2,1-2H3,(H2,27,28,29). The van der Waals surface area contributed by atoms with Crippen molar-refractivity contribution in [3.05, 3.63) is 71.2 Å². The summed E-state index contributed by atoms with van der Waals surface area (Å²) in [5, 5.41) is 20.5. The molecule has 1 heterocycles. The van der Waals surface area contributed by atoms with Gasteiger partial charge in [-0.2, -0.15) is 10.4 Å². The lowest BCUT2D eigenvalue weighted by Crippen LogP contribution is -2.37. The predicted octanol–water partition coefficient (Wildman–Crippen LogP) is 2.77. The van der Waals surface area contributed by atoms with Crippen molar-refractivity contribution in [2.24, 2.45) is 4.99 Å². The van der Waals surface area contributed by atoms with Crippen LogP contribution in [0.25, 0.3) is 5.69 Å². The Bertz CT molecular complexity index is 1120. The van der Waals surface area contributed by atoms with Gasteiger partial charge in [0.2, 0.25) is 0 Å². The number of aryl methyl sites for hydroxylation is 1. The van der Waals surface area contributed by atoms with Crippen LogP contribution in [0.2, 0.25) is 0 Å². The lowest BCUT2D eigenvalue weighted by atomic mass is 10.1. The van der Waals surface area contributed by atoms with Crippen LogP contribution in [0.1, 0.15) is 23.2 Å². The number of aliphatic imine (C=N–C) groups is 1. The number of methoxy groups -OCH3 is 1. The lowest BCUT2D eigenvalue weighted by molar-refractivity contribution is 0.409. The number of hydrogen-bond donors (Lipinski definition) is 3. The number of aromatic nitrogens is 2. The van der Waals surface area contributed by atoms with Crippen LogP contribution in [0.5, 0.6) is 5.75 Å². The molecule has 8 nitrogen and oxygen atoms in total. The number of anilines is 1. The molecule has 4 N–H and O–H groups in total. The Morgan fingerprint density at radius 1 is 1.22 bits per heavy atom. The Morgan fingerprint density at radius 2 is 1.97 bits per heavy atom. The van der Waals surface area contributed by atoms with Crippen molar-refractivity contribution in [2.45, 2.75) is 19.4 Å². The molecule has 0 bridgehead atoms. The molecular weight excluding hydrogens is 409 g/mol. The quantitative estimate of drug-likeness (QED) is 0.285. The second kappa shape index (κ2) is 10.8. The Morgan fingerprint density at radius 3 is 2.66 bits per heavy atom. The highest BCUT2D eigenvalue weighted by molar-refractivity contribution is 5.79. The van der Waals surface area contributed by atoms with Crippen LogP contribution in [0, 0.1) is 17.1 Å². The number of nitrogen functional groups attached to an aromatic ring is 1. The van der Waals surface area contributed by atoms with Gasteiger partial charge in [-0.3, -0.25) is 4.99 Å². The molecule has 0 saturated carbocycles. The van der Waals surface area contributed by atoms with Crippen LogP contribution in [-0.2, 0) is 13.0 Å². The van der Waals surface area contributed by atoms with Gasteiger partial charge in [0.1, 0.15) is 29.0 Å². The van der Waals surface area contributed by atoms with E-state index in [0.717, 1.165) is 11.3 Å². The number of para-hydroxylation sites is 1. The molecule has 0 amide bonds. The first kappa shape index (κ1) is 22.6. The number of nitrogens with two attached hydrogens (primary N) is 1. The third-order valence-electron chi connectivity index (χ3n) is 4.92. The highest BCUT2D eigenvalue weighted by Gasteiger charge is 2.16. The highest BCUT2D eigenvalue weighted by atomic mass is 19.1. The zero-order valence-corrected chi connectivity index (χ0v) is 18.1. The fraction of sp³-hybridized carbons (Fsp3) is 0.261. The van der Waals surface area contributed by atoms with E-state index < -0.39 is 0 Å². The van der Waals surface area contributed by atoms with Crippen molar-refractivity contribution in [3.8, 4) is 17.5 Å². The molecule has 0 aliphatic heterocycles. The summed E-state index contributed by atoms with van der Waals surface area (Å²) in [4.78, 5) is 4.23. The van der Waals surface area contributed by atoms with Gasteiger partial charge >= 0.3 is 0 Å². The number of hydrogen-bond acceptors (Lipinski definition) is 5. The van der Waals surface area contributed by atoms with Gasteiger partial charge in [0.05, 0.1) is 18.5 Å². The number of rotatable bonds is 8. The summed E-state index contributed by atoms with van der Waals surface area (Å²) in [5.41, 5.74) is 8.68. The minimum atomic E-state index is -0.348. The van der Waals surface area contributed by atoms with E-state index in [0.29, 0.717) is 48.8 Å². The van der Waals surface area contributed by atoms with Gasteiger partial charge in [0, 0.05) is 25.7 Å². The first-order chi connectivity index (χ1) is 15.6. The van der Waals surface area contributed by atoms with Gasteiger partial charge in [-0.15, -0.1) is 0 Å². The van der Waals surface area contributed by atoms with Crippen molar-refractivity contribution < 1.29 is 9.13 Å². The zero-order valence-electron chi connectivity index (χ0n) is 18.1. The van der Waals surface area contributed by atoms with E-state index >= 15 is 0 Å². The molecule has 0 atom stereocenters. The summed E-state index contributed by atoms with van der Waals surface area (Å²) in [6.45, 7) is 1.20. The minimum absolute atomic E-state index is 0.247. The van der Waals surface area contributed by atoms with Crippen molar-refractivity contribution >= 4 is 11.8 Å². The number of benzene rings is 2. The third kappa shape index (κ3) is 5.35. The van der Waals surface area contributed by atoms with Gasteiger partial charge < -0.3 is 21.1 Å². The maximum absolute atomic E-state index is 13.2. The largest absolute Gasteiger partial charge is 0.496 e. The van der Waals surface area contributed by atoms with E-state index in [9.17, 15) is 9.65 Å². The summed E-state index contributed by atoms with van der Waals surface area (Å²) < 4.78 is 20.0. The molecule has 9 heteroatoms. The van der Waals surface area contributed by atoms with Crippen LogP contribution in [-0.4, -0.2) is 36.4 Å². The Hall–Kier alpha value is -4.06. The molecule has 166 valence electrons. The van der Waals surface area contributed by atoms with Crippen LogP contribution >= 0.6 is 0 Å². The van der Waals surface area contributed by atoms with Crippen molar-refractivity contribution in [3.63, 3.8) is 0 Å². The van der Waals surface area contributed by atoms with E-state index in [2.05, 4.69) is 26.8 Å². The molecule has 2 aromatic carbocycles. The van der Waals surface area contributed by atoms with Crippen LogP contribution in [0.4, 0.5) is 10.2 Å². The number of nitrogens with one attached hydrogen (secondary N) is 2. The molecule has 0 spiro atoms. The molecule has 3 aromatic rings. The fourth-order valence-electron chi connectivity index (χ4n) is 3.27. The molecule has 0 saturated heterocycles. The van der Waals surface area contributed by atoms with Crippen LogP contribution in [0.3, 0.4) is 0 Å². The lowest BCUT2D eigenvalue weighted by Gasteiger charge is -2.13. The summed E-state index contributed by atoms with van der Waals surface area (Å²) in [6.07, 6.45) is 1.27. The molecule has 0 aliphatic carbocycles. The monoisotopic (exact) mass is 435 g/mol. The van der Waals surface area contributed by atoms with E-state index in [1.54, 1.807) is 26.3 Å². The Kier molecular flexibility index (Phi) is 7.65. The van der Waals surface area contributed by atoms with E-state index in [4.69, 9.17) is 10.5 Å². The second-order valence-corrected chi connectivity index (χ2v) is 6.97. The number of halogens is 1. The van der Waals surface area contributed by atoms with Gasteiger partial charge in [-0.25, -0.2) is 9.07 Å². The number of nitriles is 1. The minimum Gasteiger partial charge on any atom is -0.496 e. The number of ether oxygens (including phenoxy) is 1. The summed E-state index contributed by atoms with van der Waals surface area (Å²) in [7, 11) is 3.35. The van der Waals surface area contributed by atoms with E-state index in [-0.39, 0.29) is 11.6 Å². The van der Waals surface area contributed by atoms with E-state index in [1.165, 1.54) is 16.8 Å². The molecule has 3 rings (SSSR count). The van der Waals surface area contributed by atoms with Gasteiger partial charge in [-0.05, 0) is 43.2 Å². The summed E-state index contributed by atoms with van der Waals surface area (Å²) >= 11 is 0. The zero-order chi connectivity index (χ0) is 22.9. The topological polar surface area (TPSA) is 113 Å². The van der Waals surface area contributed by atoms with Crippen molar-refractivity contribution in [1.82, 2.24) is 20.4 Å². The molecule has 0 fully saturated rings. The maximum atomic E-state index is 13.2. The summed E-state index contributed by atoms with van der Waals surface area (Å²) in [6, 6.07) is 15.7. The first-order valence-electron chi connectivity index (χ1n) is 10.2. The smallest absolute Gasteiger partial charge is 0.191 e. The summed E-state index contributed by atoms with van der Waals surface area (Å²) in [5.74, 6) is 1.37. The van der Waals surface area contributed by atoms with Gasteiger partial charge in [0.25, 0.3) is 0 Å². The normalized spacial score (nSPS) is 11.1. The molecule has 1 aromatic heterocycles. The highest BCUT2D eigenvalue weighted by Crippen LogP contribution is 2.21. The number of nitrogens with zero attached hydrogens (tertiary/aromatic N) is 4. The first-order valence-corrected chi connectivity index (χ1v) is 10.2. The van der Waals surface area contributed by atoms with Crippen LogP contribution in [0.15, 0.2) is 53.5 Å². The van der Waals surface area contributed by atoms with Gasteiger partial charge in [-0.1, -0.05) is 18.2 Å².